The minimum Gasteiger partial charge on any atom is -0.356 e. The maximum Gasteiger partial charge on any atom is 0.196 e. The first kappa shape index (κ1) is 25.6. The van der Waals surface area contributed by atoms with Crippen molar-refractivity contribution in [2.75, 3.05) is 51.1 Å². The fourth-order valence-electron chi connectivity index (χ4n) is 3.66. The molecular formula is C25H38IN5. The Morgan fingerprint density at radius 1 is 0.903 bits per heavy atom. The van der Waals surface area contributed by atoms with Gasteiger partial charge in [0.15, 0.2) is 5.96 Å². The quantitative estimate of drug-likeness (QED) is 0.214. The zero-order chi connectivity index (χ0) is 21.0. The molecule has 0 radical (unpaired) electrons. The van der Waals surface area contributed by atoms with E-state index in [-0.39, 0.29) is 24.0 Å². The van der Waals surface area contributed by atoms with Gasteiger partial charge >= 0.3 is 0 Å². The topological polar surface area (TPSA) is 42.9 Å². The Morgan fingerprint density at radius 3 is 2.26 bits per heavy atom. The minimum absolute atomic E-state index is 0. The van der Waals surface area contributed by atoms with Crippen molar-refractivity contribution < 1.29 is 0 Å². The Morgan fingerprint density at radius 2 is 1.58 bits per heavy atom. The number of benzene rings is 2. The molecule has 0 aliphatic carbocycles. The van der Waals surface area contributed by atoms with Crippen LogP contribution >= 0.6 is 24.0 Å². The second-order valence-corrected chi connectivity index (χ2v) is 8.05. The molecule has 0 saturated carbocycles. The molecule has 1 aliphatic heterocycles. The molecule has 1 aliphatic rings. The van der Waals surface area contributed by atoms with Crippen LogP contribution in [0.25, 0.3) is 0 Å². The molecule has 1 fully saturated rings. The summed E-state index contributed by atoms with van der Waals surface area (Å²) in [6, 6.07) is 18.8. The molecule has 1 saturated heterocycles. The lowest BCUT2D eigenvalue weighted by Crippen LogP contribution is -2.46. The van der Waals surface area contributed by atoms with Gasteiger partial charge in [-0.05, 0) is 50.6 Å². The Balaban J connectivity index is 0.00000341. The van der Waals surface area contributed by atoms with Gasteiger partial charge in [-0.2, -0.15) is 0 Å². The molecule has 0 bridgehead atoms. The summed E-state index contributed by atoms with van der Waals surface area (Å²) in [5, 5.41) is 6.95. The summed E-state index contributed by atoms with van der Waals surface area (Å²) in [5.41, 5.74) is 3.56. The third-order valence-electron chi connectivity index (χ3n) is 5.68. The van der Waals surface area contributed by atoms with Crippen molar-refractivity contribution >= 4 is 35.6 Å². The summed E-state index contributed by atoms with van der Waals surface area (Å²) in [5.74, 6) is 0.846. The van der Waals surface area contributed by atoms with Crippen LogP contribution in [0.1, 0.15) is 30.9 Å². The van der Waals surface area contributed by atoms with Crippen molar-refractivity contribution in [3.8, 4) is 0 Å². The molecule has 170 valence electrons. The van der Waals surface area contributed by atoms with E-state index in [2.05, 4.69) is 70.7 Å². The molecule has 2 aromatic carbocycles. The van der Waals surface area contributed by atoms with E-state index in [0.717, 1.165) is 24.6 Å². The smallest absolute Gasteiger partial charge is 0.196 e. The molecule has 2 aromatic rings. The van der Waals surface area contributed by atoms with Gasteiger partial charge in [0.2, 0.25) is 0 Å². The van der Waals surface area contributed by atoms with Crippen molar-refractivity contribution in [2.24, 2.45) is 4.99 Å². The van der Waals surface area contributed by atoms with Crippen molar-refractivity contribution in [3.63, 3.8) is 0 Å². The van der Waals surface area contributed by atoms with Crippen LogP contribution in [0.5, 0.6) is 0 Å². The normalized spacial score (nSPS) is 15.4. The van der Waals surface area contributed by atoms with Crippen molar-refractivity contribution in [1.29, 1.82) is 0 Å². The highest BCUT2D eigenvalue weighted by atomic mass is 127. The van der Waals surface area contributed by atoms with E-state index in [1.54, 1.807) is 0 Å². The third-order valence-corrected chi connectivity index (χ3v) is 5.68. The van der Waals surface area contributed by atoms with E-state index < -0.39 is 0 Å². The van der Waals surface area contributed by atoms with Crippen LogP contribution < -0.4 is 10.6 Å². The predicted octanol–water partition coefficient (Wildman–Crippen LogP) is 4.59. The van der Waals surface area contributed by atoms with E-state index >= 15 is 0 Å². The van der Waals surface area contributed by atoms with Gasteiger partial charge in [0.05, 0.1) is 6.54 Å². The molecule has 2 N–H and O–H groups in total. The van der Waals surface area contributed by atoms with E-state index in [1.165, 1.54) is 56.8 Å². The highest BCUT2D eigenvalue weighted by Gasteiger charge is 2.14. The number of nitrogens with zero attached hydrogens (tertiary/aromatic N) is 3. The summed E-state index contributed by atoms with van der Waals surface area (Å²) in [4.78, 5) is 9.93. The summed E-state index contributed by atoms with van der Waals surface area (Å²) < 4.78 is 0. The highest BCUT2D eigenvalue weighted by Crippen LogP contribution is 2.08. The number of guanidine groups is 1. The van der Waals surface area contributed by atoms with Crippen LogP contribution in [-0.4, -0.2) is 61.6 Å². The summed E-state index contributed by atoms with van der Waals surface area (Å²) in [6.45, 7) is 13.2. The molecular weight excluding hydrogens is 497 g/mol. The van der Waals surface area contributed by atoms with Gasteiger partial charge in [-0.25, -0.2) is 4.99 Å². The Kier molecular flexibility index (Phi) is 11.9. The number of rotatable bonds is 9. The molecule has 6 heteroatoms. The van der Waals surface area contributed by atoms with Crippen molar-refractivity contribution in [3.05, 3.63) is 65.7 Å². The zero-order valence-corrected chi connectivity index (χ0v) is 21.3. The molecule has 0 amide bonds. The van der Waals surface area contributed by atoms with E-state index in [9.17, 15) is 0 Å². The fraction of sp³-hybridized carbons (Fsp3) is 0.480. The van der Waals surface area contributed by atoms with Crippen LogP contribution in [0, 0.1) is 6.92 Å². The maximum atomic E-state index is 4.80. The number of aliphatic imine (C=N–C) groups is 1. The van der Waals surface area contributed by atoms with E-state index in [0.29, 0.717) is 6.54 Å². The molecule has 0 unspecified atom stereocenters. The summed E-state index contributed by atoms with van der Waals surface area (Å²) >= 11 is 0. The molecule has 0 atom stereocenters. The number of piperazine rings is 1. The average Bonchev–Trinajstić information content (AvgIpc) is 2.79. The predicted molar refractivity (Wildman–Crippen MR) is 144 cm³/mol. The Hall–Kier alpha value is -1.64. The zero-order valence-electron chi connectivity index (χ0n) is 19.0. The number of anilines is 1. The lowest BCUT2D eigenvalue weighted by molar-refractivity contribution is 0.136. The van der Waals surface area contributed by atoms with Crippen molar-refractivity contribution in [2.45, 2.75) is 33.2 Å². The fourth-order valence-corrected chi connectivity index (χ4v) is 3.66. The van der Waals surface area contributed by atoms with E-state index in [4.69, 9.17) is 4.99 Å². The largest absolute Gasteiger partial charge is 0.356 e. The Labute approximate surface area is 205 Å². The second-order valence-electron chi connectivity index (χ2n) is 8.05. The molecule has 1 heterocycles. The standard InChI is InChI=1S/C25H37N5.HI/c1-3-29-17-19-30(20-18-29)16-8-7-15-26-25(28-24-9-5-4-6-10-24)27-21-23-13-11-22(2)12-14-23;/h4-6,9-14H,3,7-8,15-21H2,1-2H3,(H2,26,27,28);1H. The van der Waals surface area contributed by atoms with Crippen LogP contribution in [0.4, 0.5) is 5.69 Å². The van der Waals surface area contributed by atoms with Crippen LogP contribution in [-0.2, 0) is 6.54 Å². The van der Waals surface area contributed by atoms with Gasteiger partial charge in [-0.15, -0.1) is 24.0 Å². The second kappa shape index (κ2) is 14.4. The van der Waals surface area contributed by atoms with Gasteiger partial charge in [0.1, 0.15) is 0 Å². The monoisotopic (exact) mass is 535 g/mol. The van der Waals surface area contributed by atoms with Crippen molar-refractivity contribution in [1.82, 2.24) is 15.1 Å². The number of unbranched alkanes of at least 4 members (excludes halogenated alkanes) is 1. The van der Waals surface area contributed by atoms with Crippen LogP contribution in [0.3, 0.4) is 0 Å². The van der Waals surface area contributed by atoms with Gasteiger partial charge in [-0.1, -0.05) is 55.0 Å². The number of aryl methyl sites for hydroxylation is 1. The van der Waals surface area contributed by atoms with E-state index in [1.807, 2.05) is 18.2 Å². The first-order chi connectivity index (χ1) is 14.7. The van der Waals surface area contributed by atoms with Gasteiger partial charge in [0, 0.05) is 38.4 Å². The number of hydrogen-bond acceptors (Lipinski definition) is 3. The van der Waals surface area contributed by atoms with Gasteiger partial charge < -0.3 is 20.4 Å². The first-order valence-electron chi connectivity index (χ1n) is 11.3. The summed E-state index contributed by atoms with van der Waals surface area (Å²) in [7, 11) is 0. The lowest BCUT2D eigenvalue weighted by Gasteiger charge is -2.34. The number of halogens is 1. The molecule has 0 spiro atoms. The van der Waals surface area contributed by atoms with Gasteiger partial charge in [0.25, 0.3) is 0 Å². The third kappa shape index (κ3) is 9.58. The number of nitrogens with one attached hydrogen (secondary N) is 2. The SMILES string of the molecule is CCN1CCN(CCCCNC(=NCc2ccc(C)cc2)Nc2ccccc2)CC1.I. The molecule has 0 aromatic heterocycles. The van der Waals surface area contributed by atoms with Gasteiger partial charge in [-0.3, -0.25) is 0 Å². The lowest BCUT2D eigenvalue weighted by atomic mass is 10.1. The highest BCUT2D eigenvalue weighted by molar-refractivity contribution is 14.0. The number of para-hydroxylation sites is 1. The first-order valence-corrected chi connectivity index (χ1v) is 11.3. The molecule has 5 nitrogen and oxygen atoms in total. The number of likely N-dealkylation sites (N-methyl/N-ethyl adjacent to an activating group) is 1. The Bertz CT molecular complexity index is 755. The minimum atomic E-state index is 0. The van der Waals surface area contributed by atoms with Crippen LogP contribution in [0.2, 0.25) is 0 Å². The average molecular weight is 536 g/mol. The number of hydrogen-bond donors (Lipinski definition) is 2. The maximum absolute atomic E-state index is 4.80. The van der Waals surface area contributed by atoms with Crippen LogP contribution in [0.15, 0.2) is 59.6 Å². The molecule has 3 rings (SSSR count). The molecule has 31 heavy (non-hydrogen) atoms. The summed E-state index contributed by atoms with van der Waals surface area (Å²) in [6.07, 6.45) is 2.36.